The molecule has 1 aromatic carbocycles. The van der Waals surface area contributed by atoms with Crippen LogP contribution in [0.1, 0.15) is 88.9 Å². The minimum atomic E-state index is -0.0328. The predicted molar refractivity (Wildman–Crippen MR) is 95.4 cm³/mol. The van der Waals surface area contributed by atoms with Gasteiger partial charge in [-0.15, -0.1) is 0 Å². The molecule has 2 unspecified atom stereocenters. The smallest absolute Gasteiger partial charge is 0.309 e. The lowest BCUT2D eigenvalue weighted by atomic mass is 9.90. The molecule has 0 aromatic heterocycles. The first-order valence-corrected chi connectivity index (χ1v) is 9.54. The van der Waals surface area contributed by atoms with Crippen LogP contribution in [0.4, 0.5) is 0 Å². The Hall–Kier alpha value is -1.31. The summed E-state index contributed by atoms with van der Waals surface area (Å²) in [7, 11) is 0. The van der Waals surface area contributed by atoms with E-state index >= 15 is 0 Å². The van der Waals surface area contributed by atoms with Gasteiger partial charge in [-0.05, 0) is 43.2 Å². The van der Waals surface area contributed by atoms with E-state index in [1.165, 1.54) is 37.7 Å². The highest BCUT2D eigenvalue weighted by Crippen LogP contribution is 2.33. The van der Waals surface area contributed by atoms with E-state index < -0.39 is 0 Å². The third-order valence-electron chi connectivity index (χ3n) is 4.95. The van der Waals surface area contributed by atoms with Gasteiger partial charge in [0.1, 0.15) is 6.10 Å². The molecule has 0 spiro atoms. The zero-order chi connectivity index (χ0) is 16.5. The van der Waals surface area contributed by atoms with E-state index in [1.54, 1.807) is 0 Å². The van der Waals surface area contributed by atoms with Crippen molar-refractivity contribution in [2.45, 2.75) is 84.2 Å². The molecular weight excluding hydrogens is 284 g/mol. The molecule has 1 saturated heterocycles. The number of hydrogen-bond acceptors (Lipinski definition) is 2. The van der Waals surface area contributed by atoms with E-state index in [4.69, 9.17) is 4.74 Å². The van der Waals surface area contributed by atoms with Crippen LogP contribution in [0.2, 0.25) is 0 Å². The molecule has 23 heavy (non-hydrogen) atoms. The Morgan fingerprint density at radius 1 is 0.957 bits per heavy atom. The second-order valence-electron chi connectivity index (χ2n) is 6.89. The first-order valence-electron chi connectivity index (χ1n) is 9.54. The maximum absolute atomic E-state index is 12.2. The minimum Gasteiger partial charge on any atom is -0.457 e. The molecule has 0 saturated carbocycles. The molecule has 1 aromatic rings. The largest absolute Gasteiger partial charge is 0.457 e. The number of rotatable bonds is 9. The molecule has 0 radical (unpaired) electrons. The highest BCUT2D eigenvalue weighted by molar-refractivity contribution is 5.73. The molecule has 0 bridgehead atoms. The summed E-state index contributed by atoms with van der Waals surface area (Å²) in [6, 6.07) is 8.70. The Bertz CT molecular complexity index is 463. The topological polar surface area (TPSA) is 26.3 Å². The fourth-order valence-electron chi connectivity index (χ4n) is 3.38. The molecule has 0 amide bonds. The molecule has 2 nitrogen and oxygen atoms in total. The van der Waals surface area contributed by atoms with Crippen molar-refractivity contribution >= 4 is 5.97 Å². The van der Waals surface area contributed by atoms with Crippen LogP contribution < -0.4 is 0 Å². The maximum atomic E-state index is 12.2. The molecule has 0 aliphatic carbocycles. The Kier molecular flexibility index (Phi) is 7.64. The van der Waals surface area contributed by atoms with Crippen LogP contribution in [0.25, 0.3) is 0 Å². The summed E-state index contributed by atoms with van der Waals surface area (Å²) in [5.41, 5.74) is 2.55. The molecule has 0 N–H and O–H groups in total. The van der Waals surface area contributed by atoms with Crippen molar-refractivity contribution < 1.29 is 9.53 Å². The normalized spacial score (nSPS) is 21.2. The second-order valence-corrected chi connectivity index (χ2v) is 6.89. The van der Waals surface area contributed by atoms with Crippen molar-refractivity contribution in [3.05, 3.63) is 35.4 Å². The van der Waals surface area contributed by atoms with Gasteiger partial charge in [0.05, 0.1) is 5.92 Å². The lowest BCUT2D eigenvalue weighted by Gasteiger charge is -2.28. The fourth-order valence-corrected chi connectivity index (χ4v) is 3.38. The monoisotopic (exact) mass is 316 g/mol. The van der Waals surface area contributed by atoms with Crippen LogP contribution in [-0.2, 0) is 16.0 Å². The highest BCUT2D eigenvalue weighted by atomic mass is 16.5. The lowest BCUT2D eigenvalue weighted by Crippen LogP contribution is -2.26. The van der Waals surface area contributed by atoms with E-state index in [9.17, 15) is 4.79 Å². The van der Waals surface area contributed by atoms with Gasteiger partial charge in [0.2, 0.25) is 0 Å². The van der Waals surface area contributed by atoms with E-state index in [-0.39, 0.29) is 18.0 Å². The third kappa shape index (κ3) is 5.67. The standard InChI is InChI=1S/C21H32O2/c1-3-5-7-9-17-11-13-18(14-12-17)20-16-15-19(21(22)23-20)10-8-6-4-2/h11-14,19-20H,3-10,15-16H2,1-2H3. The fraction of sp³-hybridized carbons (Fsp3) is 0.667. The molecule has 1 aliphatic rings. The second kappa shape index (κ2) is 9.75. The zero-order valence-corrected chi connectivity index (χ0v) is 14.9. The summed E-state index contributed by atoms with van der Waals surface area (Å²) in [6.07, 6.45) is 11.4. The van der Waals surface area contributed by atoms with Crippen molar-refractivity contribution in [1.29, 1.82) is 0 Å². The Balaban J connectivity index is 1.82. The van der Waals surface area contributed by atoms with Crippen LogP contribution in [0, 0.1) is 5.92 Å². The maximum Gasteiger partial charge on any atom is 0.309 e. The van der Waals surface area contributed by atoms with E-state index in [0.717, 1.165) is 37.7 Å². The van der Waals surface area contributed by atoms with E-state index in [1.807, 2.05) is 0 Å². The molecule has 1 heterocycles. The number of benzene rings is 1. The van der Waals surface area contributed by atoms with Crippen LogP contribution in [0.5, 0.6) is 0 Å². The molecule has 128 valence electrons. The predicted octanol–water partition coefficient (Wildman–Crippen LogP) is 5.99. The first kappa shape index (κ1) is 18.0. The van der Waals surface area contributed by atoms with E-state index in [0.29, 0.717) is 0 Å². The van der Waals surface area contributed by atoms with Crippen molar-refractivity contribution in [2.24, 2.45) is 5.92 Å². The summed E-state index contributed by atoms with van der Waals surface area (Å²) in [5, 5.41) is 0. The molecule has 2 heteroatoms. The quantitative estimate of drug-likeness (QED) is 0.413. The number of aryl methyl sites for hydroxylation is 1. The number of hydrogen-bond donors (Lipinski definition) is 0. The summed E-state index contributed by atoms with van der Waals surface area (Å²) in [6.45, 7) is 4.43. The molecular formula is C21H32O2. The first-order chi connectivity index (χ1) is 11.2. The number of esters is 1. The molecule has 2 rings (SSSR count). The Labute approximate surface area is 141 Å². The van der Waals surface area contributed by atoms with Crippen molar-refractivity contribution in [2.75, 3.05) is 0 Å². The van der Waals surface area contributed by atoms with E-state index in [2.05, 4.69) is 38.1 Å². The Morgan fingerprint density at radius 3 is 2.30 bits per heavy atom. The summed E-state index contributed by atoms with van der Waals surface area (Å²) in [4.78, 5) is 12.2. The number of unbranched alkanes of at least 4 members (excludes halogenated alkanes) is 4. The van der Waals surface area contributed by atoms with Gasteiger partial charge >= 0.3 is 5.97 Å². The van der Waals surface area contributed by atoms with Crippen LogP contribution in [0.15, 0.2) is 24.3 Å². The van der Waals surface area contributed by atoms with Crippen LogP contribution >= 0.6 is 0 Å². The lowest BCUT2D eigenvalue weighted by molar-refractivity contribution is -0.161. The van der Waals surface area contributed by atoms with Crippen molar-refractivity contribution in [1.82, 2.24) is 0 Å². The SMILES string of the molecule is CCCCCc1ccc(C2CCC(CCCCC)C(=O)O2)cc1. The molecule has 2 atom stereocenters. The number of cyclic esters (lactones) is 1. The zero-order valence-electron chi connectivity index (χ0n) is 14.9. The Morgan fingerprint density at radius 2 is 1.65 bits per heavy atom. The third-order valence-corrected chi connectivity index (χ3v) is 4.95. The minimum absolute atomic E-state index is 0.0179. The molecule has 1 fully saturated rings. The highest BCUT2D eigenvalue weighted by Gasteiger charge is 2.30. The van der Waals surface area contributed by atoms with Crippen LogP contribution in [0.3, 0.4) is 0 Å². The van der Waals surface area contributed by atoms with Gasteiger partial charge < -0.3 is 4.74 Å². The van der Waals surface area contributed by atoms with Gasteiger partial charge in [0.25, 0.3) is 0 Å². The van der Waals surface area contributed by atoms with Gasteiger partial charge in [0.15, 0.2) is 0 Å². The van der Waals surface area contributed by atoms with Crippen molar-refractivity contribution in [3.63, 3.8) is 0 Å². The van der Waals surface area contributed by atoms with Gasteiger partial charge in [-0.25, -0.2) is 0 Å². The average Bonchev–Trinajstić information content (AvgIpc) is 2.57. The van der Waals surface area contributed by atoms with Crippen molar-refractivity contribution in [3.8, 4) is 0 Å². The summed E-state index contributed by atoms with van der Waals surface area (Å²) in [5.74, 6) is 0.149. The number of ether oxygens (including phenoxy) is 1. The van der Waals surface area contributed by atoms with Gasteiger partial charge in [-0.3, -0.25) is 4.79 Å². The summed E-state index contributed by atoms with van der Waals surface area (Å²) < 4.78 is 5.72. The number of carbonyl (C=O) groups excluding carboxylic acids is 1. The number of carbonyl (C=O) groups is 1. The van der Waals surface area contributed by atoms with Gasteiger partial charge in [0, 0.05) is 0 Å². The van der Waals surface area contributed by atoms with Gasteiger partial charge in [-0.1, -0.05) is 70.2 Å². The van der Waals surface area contributed by atoms with Gasteiger partial charge in [-0.2, -0.15) is 0 Å². The average molecular weight is 316 g/mol. The summed E-state index contributed by atoms with van der Waals surface area (Å²) >= 11 is 0. The molecule has 1 aliphatic heterocycles. The van der Waals surface area contributed by atoms with Crippen LogP contribution in [-0.4, -0.2) is 5.97 Å².